The van der Waals surface area contributed by atoms with Crippen LogP contribution in [0, 0.1) is 0 Å². The van der Waals surface area contributed by atoms with Gasteiger partial charge in [0.2, 0.25) is 5.67 Å². The molecule has 0 saturated carbocycles. The quantitative estimate of drug-likeness (QED) is 0.621. The molecule has 0 saturated heterocycles. The lowest BCUT2D eigenvalue weighted by Gasteiger charge is -2.19. The van der Waals surface area contributed by atoms with Gasteiger partial charge in [0.25, 0.3) is 0 Å². The molecule has 16 heavy (non-hydrogen) atoms. The molecule has 88 valence electrons. The number of halogens is 2. The van der Waals surface area contributed by atoms with Gasteiger partial charge in [-0.3, -0.25) is 0 Å². The fraction of sp³-hybridized carbons (Fsp3) is 0.300. The SMILES string of the molecule is COC(=O)C(C)(F)c1cc(O)c(O)cc1Cl. The van der Waals surface area contributed by atoms with Crippen molar-refractivity contribution in [3.63, 3.8) is 0 Å². The van der Waals surface area contributed by atoms with E-state index >= 15 is 0 Å². The van der Waals surface area contributed by atoms with E-state index in [1.54, 1.807) is 0 Å². The Hall–Kier alpha value is -1.49. The molecule has 1 unspecified atom stereocenters. The molecule has 0 aliphatic rings. The standard InChI is InChI=1S/C10H10ClFO4/c1-10(12,9(15)16-2)5-3-7(13)8(14)4-6(5)11/h3-4,13-14H,1-2H3. The maximum Gasteiger partial charge on any atom is 0.348 e. The van der Waals surface area contributed by atoms with Crippen molar-refractivity contribution in [2.75, 3.05) is 7.11 Å². The maximum absolute atomic E-state index is 14.0. The fourth-order valence-corrected chi connectivity index (χ4v) is 1.55. The van der Waals surface area contributed by atoms with E-state index < -0.39 is 23.1 Å². The first-order valence-corrected chi connectivity index (χ1v) is 4.67. The molecule has 6 heteroatoms. The zero-order valence-corrected chi connectivity index (χ0v) is 9.38. The summed E-state index contributed by atoms with van der Waals surface area (Å²) in [5.74, 6) is -2.19. The van der Waals surface area contributed by atoms with E-state index in [0.717, 1.165) is 26.2 Å². The molecular weight excluding hydrogens is 239 g/mol. The van der Waals surface area contributed by atoms with Gasteiger partial charge in [-0.15, -0.1) is 0 Å². The van der Waals surface area contributed by atoms with Crippen molar-refractivity contribution in [1.29, 1.82) is 0 Å². The first-order chi connectivity index (χ1) is 7.30. The summed E-state index contributed by atoms with van der Waals surface area (Å²) in [5.41, 5.74) is -2.76. The number of ether oxygens (including phenoxy) is 1. The van der Waals surface area contributed by atoms with Crippen LogP contribution in [0.1, 0.15) is 12.5 Å². The van der Waals surface area contributed by atoms with Gasteiger partial charge in [-0.1, -0.05) is 11.6 Å². The van der Waals surface area contributed by atoms with E-state index in [4.69, 9.17) is 16.7 Å². The Morgan fingerprint density at radius 1 is 1.44 bits per heavy atom. The molecule has 2 N–H and O–H groups in total. The first kappa shape index (κ1) is 12.6. The molecule has 1 rings (SSSR count). The molecule has 0 radical (unpaired) electrons. The summed E-state index contributed by atoms with van der Waals surface area (Å²) in [4.78, 5) is 11.2. The molecule has 1 atom stereocenters. The van der Waals surface area contributed by atoms with Gasteiger partial charge >= 0.3 is 5.97 Å². The van der Waals surface area contributed by atoms with Gasteiger partial charge in [0.15, 0.2) is 11.5 Å². The van der Waals surface area contributed by atoms with E-state index in [1.165, 1.54) is 0 Å². The minimum Gasteiger partial charge on any atom is -0.504 e. The number of phenols is 2. The summed E-state index contributed by atoms with van der Waals surface area (Å²) in [5, 5.41) is 18.2. The Labute approximate surface area is 96.2 Å². The number of esters is 1. The Morgan fingerprint density at radius 2 is 1.94 bits per heavy atom. The molecule has 1 aromatic rings. The van der Waals surface area contributed by atoms with Gasteiger partial charge in [0, 0.05) is 11.6 Å². The molecule has 0 aliphatic heterocycles. The van der Waals surface area contributed by atoms with Gasteiger partial charge in [-0.25, -0.2) is 9.18 Å². The van der Waals surface area contributed by atoms with Crippen LogP contribution in [0.25, 0.3) is 0 Å². The van der Waals surface area contributed by atoms with Gasteiger partial charge in [0.1, 0.15) is 0 Å². The minimum absolute atomic E-state index is 0.175. The second-order valence-corrected chi connectivity index (χ2v) is 3.72. The van der Waals surface area contributed by atoms with Crippen LogP contribution >= 0.6 is 11.6 Å². The van der Waals surface area contributed by atoms with Crippen molar-refractivity contribution in [1.82, 2.24) is 0 Å². The molecule has 0 amide bonds. The fourth-order valence-electron chi connectivity index (χ4n) is 1.21. The third-order valence-electron chi connectivity index (χ3n) is 2.14. The smallest absolute Gasteiger partial charge is 0.348 e. The molecule has 0 fully saturated rings. The predicted octanol–water partition coefficient (Wildman–Crippen LogP) is 2.11. The zero-order valence-electron chi connectivity index (χ0n) is 8.62. The molecule has 0 aromatic heterocycles. The summed E-state index contributed by atoms with van der Waals surface area (Å²) < 4.78 is 18.3. The van der Waals surface area contributed by atoms with Crippen LogP contribution in [0.2, 0.25) is 5.02 Å². The summed E-state index contributed by atoms with van der Waals surface area (Å²) in [7, 11) is 1.04. The van der Waals surface area contributed by atoms with E-state index in [0.29, 0.717) is 0 Å². The van der Waals surface area contributed by atoms with Crippen LogP contribution in [0.3, 0.4) is 0 Å². The average Bonchev–Trinajstić information content (AvgIpc) is 2.21. The highest BCUT2D eigenvalue weighted by molar-refractivity contribution is 6.32. The van der Waals surface area contributed by atoms with Crippen molar-refractivity contribution in [2.45, 2.75) is 12.6 Å². The van der Waals surface area contributed by atoms with Crippen molar-refractivity contribution in [3.8, 4) is 11.5 Å². The van der Waals surface area contributed by atoms with Crippen molar-refractivity contribution < 1.29 is 24.1 Å². The highest BCUT2D eigenvalue weighted by Crippen LogP contribution is 2.39. The molecule has 0 spiro atoms. The maximum atomic E-state index is 14.0. The Morgan fingerprint density at radius 3 is 2.44 bits per heavy atom. The Balaban J connectivity index is 3.33. The Bertz CT molecular complexity index is 431. The lowest BCUT2D eigenvalue weighted by molar-refractivity contribution is -0.154. The van der Waals surface area contributed by atoms with Gasteiger partial charge in [0.05, 0.1) is 12.1 Å². The number of carbonyl (C=O) groups excluding carboxylic acids is 1. The molecular formula is C10H10ClFO4. The first-order valence-electron chi connectivity index (χ1n) is 4.30. The van der Waals surface area contributed by atoms with Gasteiger partial charge < -0.3 is 14.9 Å². The number of rotatable bonds is 2. The van der Waals surface area contributed by atoms with E-state index in [-0.39, 0.29) is 10.6 Å². The normalized spacial score (nSPS) is 14.2. The number of methoxy groups -OCH3 is 1. The highest BCUT2D eigenvalue weighted by Gasteiger charge is 2.39. The zero-order chi connectivity index (χ0) is 12.5. The molecule has 0 heterocycles. The minimum atomic E-state index is -2.49. The van der Waals surface area contributed by atoms with E-state index in [1.807, 2.05) is 0 Å². The summed E-state index contributed by atoms with van der Waals surface area (Å²) >= 11 is 5.67. The number of benzene rings is 1. The van der Waals surface area contributed by atoms with Gasteiger partial charge in [-0.05, 0) is 13.0 Å². The number of phenolic OH excluding ortho intramolecular Hbond substituents is 2. The third-order valence-corrected chi connectivity index (χ3v) is 2.45. The molecule has 4 nitrogen and oxygen atoms in total. The van der Waals surface area contributed by atoms with Crippen LogP contribution in [0.15, 0.2) is 12.1 Å². The van der Waals surface area contributed by atoms with Gasteiger partial charge in [-0.2, -0.15) is 0 Å². The Kier molecular flexibility index (Phi) is 3.28. The topological polar surface area (TPSA) is 66.8 Å². The summed E-state index contributed by atoms with van der Waals surface area (Å²) in [6.07, 6.45) is 0. The third kappa shape index (κ3) is 2.04. The second-order valence-electron chi connectivity index (χ2n) is 3.32. The number of aromatic hydroxyl groups is 2. The average molecular weight is 249 g/mol. The monoisotopic (exact) mass is 248 g/mol. The largest absolute Gasteiger partial charge is 0.504 e. The lowest BCUT2D eigenvalue weighted by atomic mass is 9.97. The molecule has 0 aliphatic carbocycles. The number of hydrogen-bond donors (Lipinski definition) is 2. The summed E-state index contributed by atoms with van der Waals surface area (Å²) in [6.45, 7) is 0.955. The van der Waals surface area contributed by atoms with Crippen molar-refractivity contribution in [3.05, 3.63) is 22.7 Å². The van der Waals surface area contributed by atoms with Crippen LogP contribution in [-0.2, 0) is 15.2 Å². The second kappa shape index (κ2) is 4.17. The van der Waals surface area contributed by atoms with E-state index in [9.17, 15) is 14.3 Å². The number of carbonyl (C=O) groups is 1. The van der Waals surface area contributed by atoms with Crippen molar-refractivity contribution in [2.24, 2.45) is 0 Å². The highest BCUT2D eigenvalue weighted by atomic mass is 35.5. The molecule has 1 aromatic carbocycles. The molecule has 0 bridgehead atoms. The number of alkyl halides is 1. The van der Waals surface area contributed by atoms with Crippen LogP contribution in [0.4, 0.5) is 4.39 Å². The summed E-state index contributed by atoms with van der Waals surface area (Å²) in [6, 6.07) is 1.83. The van der Waals surface area contributed by atoms with Crippen LogP contribution in [0.5, 0.6) is 11.5 Å². The lowest BCUT2D eigenvalue weighted by Crippen LogP contribution is -2.29. The van der Waals surface area contributed by atoms with Crippen LogP contribution in [-0.4, -0.2) is 23.3 Å². The van der Waals surface area contributed by atoms with Crippen molar-refractivity contribution >= 4 is 17.6 Å². The van der Waals surface area contributed by atoms with E-state index in [2.05, 4.69) is 4.74 Å². The number of hydrogen-bond acceptors (Lipinski definition) is 4. The predicted molar refractivity (Wildman–Crippen MR) is 55.3 cm³/mol. The van der Waals surface area contributed by atoms with Crippen LogP contribution < -0.4 is 0 Å².